The van der Waals surface area contributed by atoms with Crippen LogP contribution >= 0.6 is 11.3 Å². The summed E-state index contributed by atoms with van der Waals surface area (Å²) >= 11 is 1.68. The molecule has 5 heteroatoms. The van der Waals surface area contributed by atoms with E-state index in [4.69, 9.17) is 15.2 Å². The van der Waals surface area contributed by atoms with Crippen molar-refractivity contribution in [3.05, 3.63) is 64.9 Å². The number of fused-ring (bicyclic) bond motifs is 1. The first-order valence-electron chi connectivity index (χ1n) is 10.8. The maximum Gasteiger partial charge on any atom is 0.404 e. The van der Waals surface area contributed by atoms with E-state index in [-0.39, 0.29) is 6.61 Å². The normalized spacial score (nSPS) is 13.1. The quantitative estimate of drug-likeness (QED) is 0.317. The van der Waals surface area contributed by atoms with E-state index in [0.717, 1.165) is 40.7 Å². The van der Waals surface area contributed by atoms with Gasteiger partial charge in [0.1, 0.15) is 11.4 Å². The van der Waals surface area contributed by atoms with Crippen LogP contribution in [0.1, 0.15) is 56.7 Å². The molecule has 30 heavy (non-hydrogen) atoms. The van der Waals surface area contributed by atoms with Crippen molar-refractivity contribution < 1.29 is 14.3 Å². The lowest BCUT2D eigenvalue weighted by Crippen LogP contribution is -2.34. The summed E-state index contributed by atoms with van der Waals surface area (Å²) < 4.78 is 12.0. The van der Waals surface area contributed by atoms with E-state index in [0.29, 0.717) is 6.42 Å². The first-order valence-corrected chi connectivity index (χ1v) is 11.7. The van der Waals surface area contributed by atoms with Crippen LogP contribution in [-0.2, 0) is 10.3 Å². The average molecular weight is 426 g/mol. The number of carbonyl (C=O) groups is 1. The molecule has 0 aliphatic rings. The van der Waals surface area contributed by atoms with E-state index in [2.05, 4.69) is 36.6 Å². The van der Waals surface area contributed by atoms with E-state index in [9.17, 15) is 4.79 Å². The second-order valence-corrected chi connectivity index (χ2v) is 8.58. The molecular formula is C25H31NO3S. The molecule has 0 saturated heterocycles. The Labute approximate surface area is 183 Å². The third kappa shape index (κ3) is 5.76. The maximum atomic E-state index is 11.2. The van der Waals surface area contributed by atoms with Crippen molar-refractivity contribution in [2.75, 3.05) is 6.61 Å². The number of unbranched alkanes of at least 4 members (excludes halogenated alkanes) is 4. The zero-order valence-corrected chi connectivity index (χ0v) is 18.5. The molecule has 0 bridgehead atoms. The Kier molecular flexibility index (Phi) is 8.14. The molecule has 0 aliphatic heterocycles. The van der Waals surface area contributed by atoms with Crippen LogP contribution in [0.3, 0.4) is 0 Å². The fraction of sp³-hybridized carbons (Fsp3) is 0.400. The fourth-order valence-corrected chi connectivity index (χ4v) is 4.81. The van der Waals surface area contributed by atoms with Crippen LogP contribution in [0.4, 0.5) is 4.79 Å². The largest absolute Gasteiger partial charge is 0.481 e. The first-order chi connectivity index (χ1) is 14.6. The Balaban J connectivity index is 1.91. The molecule has 0 unspecified atom stereocenters. The molecule has 0 radical (unpaired) electrons. The number of hydrogen-bond donors (Lipinski definition) is 1. The number of ether oxygens (including phenoxy) is 2. The van der Waals surface area contributed by atoms with Crippen LogP contribution in [0.2, 0.25) is 0 Å². The monoisotopic (exact) mass is 425 g/mol. The van der Waals surface area contributed by atoms with Crippen LogP contribution in [0.5, 0.6) is 5.75 Å². The molecule has 0 spiro atoms. The minimum Gasteiger partial charge on any atom is -0.481 e. The van der Waals surface area contributed by atoms with Crippen molar-refractivity contribution >= 4 is 28.2 Å². The Bertz CT molecular complexity index is 920. The summed E-state index contributed by atoms with van der Waals surface area (Å²) in [5.41, 5.74) is 4.67. The number of thiophene rings is 1. The topological polar surface area (TPSA) is 61.5 Å². The minimum atomic E-state index is -0.747. The Hall–Kier alpha value is -2.53. The van der Waals surface area contributed by atoms with Gasteiger partial charge in [0.05, 0.1) is 6.61 Å². The summed E-state index contributed by atoms with van der Waals surface area (Å²) in [7, 11) is 0. The number of nitrogens with two attached hydrogens (primary N) is 1. The molecule has 1 heterocycles. The van der Waals surface area contributed by atoms with E-state index < -0.39 is 11.7 Å². The van der Waals surface area contributed by atoms with Crippen LogP contribution in [0.25, 0.3) is 10.8 Å². The van der Waals surface area contributed by atoms with Crippen LogP contribution in [0, 0.1) is 0 Å². The van der Waals surface area contributed by atoms with Crippen molar-refractivity contribution in [2.24, 2.45) is 5.73 Å². The molecular weight excluding hydrogens is 394 g/mol. The van der Waals surface area contributed by atoms with Gasteiger partial charge in [-0.3, -0.25) is 0 Å². The van der Waals surface area contributed by atoms with Gasteiger partial charge in [-0.2, -0.15) is 0 Å². The zero-order valence-electron chi connectivity index (χ0n) is 17.6. The predicted octanol–water partition coefficient (Wildman–Crippen LogP) is 7.02. The Morgan fingerprint density at radius 2 is 1.77 bits per heavy atom. The van der Waals surface area contributed by atoms with Gasteiger partial charge < -0.3 is 15.2 Å². The molecule has 1 atom stereocenters. The summed E-state index contributed by atoms with van der Waals surface area (Å²) in [6, 6.07) is 18.6. The van der Waals surface area contributed by atoms with Crippen molar-refractivity contribution in [1.82, 2.24) is 0 Å². The molecule has 3 rings (SSSR count). The van der Waals surface area contributed by atoms with Gasteiger partial charge in [-0.15, -0.1) is 11.3 Å². The second-order valence-electron chi connectivity index (χ2n) is 7.63. The lowest BCUT2D eigenvalue weighted by molar-refractivity contribution is 0.0276. The van der Waals surface area contributed by atoms with Gasteiger partial charge in [-0.05, 0) is 35.7 Å². The van der Waals surface area contributed by atoms with Crippen molar-refractivity contribution in [1.29, 1.82) is 0 Å². The molecule has 0 aliphatic carbocycles. The molecule has 2 aromatic carbocycles. The number of hydrogen-bond acceptors (Lipinski definition) is 4. The molecule has 0 saturated carbocycles. The highest BCUT2D eigenvalue weighted by molar-refractivity contribution is 7.10. The highest BCUT2D eigenvalue weighted by Gasteiger charge is 2.36. The lowest BCUT2D eigenvalue weighted by Gasteiger charge is -2.34. The minimum absolute atomic E-state index is 0.229. The standard InChI is InChI=1S/C25H31NO3S/c1-2-3-4-5-8-16-25(17-18-28-24(26)27,23-15-10-19-30-23)29-22-14-9-12-20-11-6-7-13-21(20)22/h6-7,9-15,19H,2-5,8,16-18H2,1H3,(H2,26,27)/t25-/m1/s1. The van der Waals surface area contributed by atoms with Crippen molar-refractivity contribution in [3.8, 4) is 5.75 Å². The molecule has 4 nitrogen and oxygen atoms in total. The number of primary amides is 1. The SMILES string of the molecule is CCCCCCC[C@](CCOC(N)=O)(Oc1cccc2ccccc12)c1cccs1. The molecule has 2 N–H and O–H groups in total. The fourth-order valence-electron chi connectivity index (χ4n) is 3.89. The van der Waals surface area contributed by atoms with Crippen molar-refractivity contribution in [2.45, 2.75) is 57.5 Å². The summed E-state index contributed by atoms with van der Waals surface area (Å²) in [5.74, 6) is 0.856. The van der Waals surface area contributed by atoms with Crippen LogP contribution in [-0.4, -0.2) is 12.7 Å². The summed E-state index contributed by atoms with van der Waals surface area (Å²) in [6.45, 7) is 2.45. The number of benzene rings is 2. The Morgan fingerprint density at radius 3 is 2.53 bits per heavy atom. The smallest absolute Gasteiger partial charge is 0.404 e. The molecule has 160 valence electrons. The molecule has 3 aromatic rings. The highest BCUT2D eigenvalue weighted by atomic mass is 32.1. The molecule has 1 amide bonds. The number of amides is 1. The first kappa shape index (κ1) is 22.2. The second kappa shape index (κ2) is 11.0. The number of rotatable bonds is 12. The van der Waals surface area contributed by atoms with Crippen LogP contribution in [0.15, 0.2) is 60.0 Å². The van der Waals surface area contributed by atoms with Gasteiger partial charge in [0.2, 0.25) is 0 Å². The van der Waals surface area contributed by atoms with E-state index in [1.54, 1.807) is 11.3 Å². The number of carbonyl (C=O) groups excluding carboxylic acids is 1. The van der Waals surface area contributed by atoms with Gasteiger partial charge in [-0.1, -0.05) is 75.1 Å². The summed E-state index contributed by atoms with van der Waals surface area (Å²) in [6.07, 6.45) is 6.59. The zero-order chi connectivity index (χ0) is 21.2. The van der Waals surface area contributed by atoms with Gasteiger partial charge in [0.15, 0.2) is 0 Å². The van der Waals surface area contributed by atoms with Gasteiger partial charge in [-0.25, -0.2) is 4.79 Å². The van der Waals surface area contributed by atoms with Gasteiger partial charge in [0, 0.05) is 16.7 Å². The van der Waals surface area contributed by atoms with Gasteiger partial charge in [0.25, 0.3) is 0 Å². The average Bonchev–Trinajstić information content (AvgIpc) is 3.29. The molecule has 1 aromatic heterocycles. The van der Waals surface area contributed by atoms with E-state index in [1.165, 1.54) is 19.3 Å². The summed E-state index contributed by atoms with van der Waals surface area (Å²) in [4.78, 5) is 12.4. The maximum absolute atomic E-state index is 11.2. The Morgan fingerprint density at radius 1 is 0.967 bits per heavy atom. The highest BCUT2D eigenvalue weighted by Crippen LogP contribution is 2.41. The lowest BCUT2D eigenvalue weighted by atomic mass is 9.90. The van der Waals surface area contributed by atoms with Crippen LogP contribution < -0.4 is 10.5 Å². The van der Waals surface area contributed by atoms with E-state index >= 15 is 0 Å². The molecule has 0 fully saturated rings. The third-order valence-electron chi connectivity index (χ3n) is 5.46. The van der Waals surface area contributed by atoms with Crippen molar-refractivity contribution in [3.63, 3.8) is 0 Å². The van der Waals surface area contributed by atoms with Gasteiger partial charge >= 0.3 is 6.09 Å². The summed E-state index contributed by atoms with van der Waals surface area (Å²) in [5, 5.41) is 4.30. The third-order valence-corrected chi connectivity index (χ3v) is 6.51. The van der Waals surface area contributed by atoms with E-state index in [1.807, 2.05) is 30.3 Å². The predicted molar refractivity (Wildman–Crippen MR) is 124 cm³/mol.